The Morgan fingerprint density at radius 3 is 2.12 bits per heavy atom. The average Bonchev–Trinajstić information content (AvgIpc) is 2.81. The van der Waals surface area contributed by atoms with Gasteiger partial charge < -0.3 is 14.5 Å². The average molecular weight is 337 g/mol. The number of imide groups is 1. The van der Waals surface area contributed by atoms with Gasteiger partial charge in [-0.2, -0.15) is 15.0 Å². The Morgan fingerprint density at radius 2 is 1.67 bits per heavy atom. The number of urea groups is 1. The Kier molecular flexibility index (Phi) is 4.81. The third-order valence-electron chi connectivity index (χ3n) is 3.08. The van der Waals surface area contributed by atoms with Crippen molar-refractivity contribution >= 4 is 35.8 Å². The van der Waals surface area contributed by atoms with E-state index < -0.39 is 23.9 Å². The Bertz CT molecular complexity index is 650. The second-order valence-corrected chi connectivity index (χ2v) is 5.34. The normalized spacial score (nSPS) is 16.9. The van der Waals surface area contributed by atoms with Gasteiger partial charge in [-0.15, -0.1) is 0 Å². The van der Waals surface area contributed by atoms with Crippen LogP contribution >= 0.6 is 0 Å². The summed E-state index contributed by atoms with van der Waals surface area (Å²) >= 11 is 0. The molecule has 0 spiro atoms. The van der Waals surface area contributed by atoms with E-state index in [4.69, 9.17) is 4.74 Å². The molecule has 130 valence electrons. The summed E-state index contributed by atoms with van der Waals surface area (Å²) < 4.78 is 4.87. The third kappa shape index (κ3) is 3.19. The van der Waals surface area contributed by atoms with Crippen molar-refractivity contribution in [1.82, 2.24) is 20.3 Å². The van der Waals surface area contributed by atoms with Gasteiger partial charge in [-0.3, -0.25) is 10.1 Å². The largest absolute Gasteiger partial charge is 0.464 e. The number of nitrogens with one attached hydrogen (secondary N) is 1. The summed E-state index contributed by atoms with van der Waals surface area (Å²) in [7, 11) is 6.88. The number of ether oxygens (including phenoxy) is 1. The van der Waals surface area contributed by atoms with Crippen LogP contribution in [0.15, 0.2) is 0 Å². The molecule has 0 saturated carbocycles. The van der Waals surface area contributed by atoms with Crippen LogP contribution in [0.2, 0.25) is 0 Å². The molecule has 0 aromatic carbocycles. The summed E-state index contributed by atoms with van der Waals surface area (Å²) in [5, 5.41) is 2.07. The highest BCUT2D eigenvalue weighted by Crippen LogP contribution is 2.22. The molecule has 1 aliphatic rings. The second kappa shape index (κ2) is 6.64. The molecule has 1 aliphatic heterocycles. The van der Waals surface area contributed by atoms with Crippen LogP contribution in [-0.2, 0) is 14.3 Å². The molecule has 2 rings (SSSR count). The van der Waals surface area contributed by atoms with Crippen LogP contribution in [-0.4, -0.2) is 73.7 Å². The minimum Gasteiger partial charge on any atom is -0.464 e. The maximum atomic E-state index is 12.1. The molecule has 1 aromatic rings. The van der Waals surface area contributed by atoms with E-state index in [1.165, 1.54) is 0 Å². The molecule has 0 bridgehead atoms. The molecule has 24 heavy (non-hydrogen) atoms. The highest BCUT2D eigenvalue weighted by atomic mass is 16.5. The number of anilines is 3. The van der Waals surface area contributed by atoms with Gasteiger partial charge in [0.15, 0.2) is 0 Å². The summed E-state index contributed by atoms with van der Waals surface area (Å²) in [5.41, 5.74) is 0. The molecule has 1 N–H and O–H groups in total. The van der Waals surface area contributed by atoms with Crippen LogP contribution < -0.4 is 20.0 Å². The number of carbonyl (C=O) groups is 3. The molecule has 2 heterocycles. The zero-order chi connectivity index (χ0) is 18.0. The van der Waals surface area contributed by atoms with Crippen LogP contribution in [0.3, 0.4) is 0 Å². The maximum absolute atomic E-state index is 12.1. The summed E-state index contributed by atoms with van der Waals surface area (Å²) in [6.45, 7) is 1.68. The van der Waals surface area contributed by atoms with E-state index in [9.17, 15) is 14.4 Å². The summed E-state index contributed by atoms with van der Waals surface area (Å²) in [5.74, 6) is -1.19. The van der Waals surface area contributed by atoms with E-state index >= 15 is 0 Å². The first-order valence-electron chi connectivity index (χ1n) is 7.17. The first kappa shape index (κ1) is 17.4. The first-order chi connectivity index (χ1) is 11.3. The number of amides is 3. The smallest absolute Gasteiger partial charge is 0.339 e. The zero-order valence-corrected chi connectivity index (χ0v) is 14.1. The molecule has 1 unspecified atom stereocenters. The Morgan fingerprint density at radius 1 is 1.12 bits per heavy atom. The molecular weight excluding hydrogens is 318 g/mol. The number of rotatable bonds is 5. The standard InChI is InChI=1S/C13H19N7O4/c1-6-24-9(22)7-8(21)14-13(23)20(7)12-16-10(18(2)3)15-11(17-12)19(4)5/h7H,6H2,1-5H3,(H,14,21,23). The highest BCUT2D eigenvalue weighted by molar-refractivity contribution is 6.22. The number of aromatic nitrogens is 3. The lowest BCUT2D eigenvalue weighted by molar-refractivity contribution is -0.146. The van der Waals surface area contributed by atoms with Crippen molar-refractivity contribution in [3.8, 4) is 0 Å². The van der Waals surface area contributed by atoms with Gasteiger partial charge in [0.1, 0.15) is 0 Å². The van der Waals surface area contributed by atoms with Gasteiger partial charge in [-0.25, -0.2) is 14.5 Å². The van der Waals surface area contributed by atoms with Crippen molar-refractivity contribution in [2.75, 3.05) is 49.5 Å². The van der Waals surface area contributed by atoms with Crippen LogP contribution in [0, 0.1) is 0 Å². The maximum Gasteiger partial charge on any atom is 0.339 e. The molecule has 1 saturated heterocycles. The van der Waals surface area contributed by atoms with Crippen LogP contribution in [0.5, 0.6) is 0 Å². The molecule has 1 fully saturated rings. The van der Waals surface area contributed by atoms with Crippen molar-refractivity contribution in [3.63, 3.8) is 0 Å². The van der Waals surface area contributed by atoms with Crippen LogP contribution in [0.25, 0.3) is 0 Å². The molecule has 1 aromatic heterocycles. The SMILES string of the molecule is CCOC(=O)C1C(=O)NC(=O)N1c1nc(N(C)C)nc(N(C)C)n1. The zero-order valence-electron chi connectivity index (χ0n) is 14.1. The fraction of sp³-hybridized carbons (Fsp3) is 0.538. The molecule has 11 heteroatoms. The van der Waals surface area contributed by atoms with Gasteiger partial charge in [-0.05, 0) is 6.92 Å². The van der Waals surface area contributed by atoms with E-state index in [-0.39, 0.29) is 24.5 Å². The van der Waals surface area contributed by atoms with E-state index in [2.05, 4.69) is 20.3 Å². The Balaban J connectivity index is 2.52. The third-order valence-corrected chi connectivity index (χ3v) is 3.08. The number of carbonyl (C=O) groups excluding carboxylic acids is 3. The minimum atomic E-state index is -1.47. The van der Waals surface area contributed by atoms with E-state index in [1.54, 1.807) is 44.9 Å². The topological polar surface area (TPSA) is 121 Å². The molecule has 0 aliphatic carbocycles. The summed E-state index contributed by atoms with van der Waals surface area (Å²) in [4.78, 5) is 52.8. The number of nitrogens with zero attached hydrogens (tertiary/aromatic N) is 6. The highest BCUT2D eigenvalue weighted by Gasteiger charge is 2.47. The Hall–Kier alpha value is -2.98. The van der Waals surface area contributed by atoms with Gasteiger partial charge in [0.05, 0.1) is 6.61 Å². The van der Waals surface area contributed by atoms with Crippen molar-refractivity contribution < 1.29 is 19.1 Å². The number of hydrogen-bond donors (Lipinski definition) is 1. The summed E-state index contributed by atoms with van der Waals surface area (Å²) in [6, 6.07) is -2.26. The quantitative estimate of drug-likeness (QED) is 0.409. The second-order valence-electron chi connectivity index (χ2n) is 5.34. The molecule has 1 atom stereocenters. The predicted octanol–water partition coefficient (Wildman–Crippen LogP) is -1.01. The fourth-order valence-electron chi connectivity index (χ4n) is 1.96. The van der Waals surface area contributed by atoms with Crippen molar-refractivity contribution in [2.45, 2.75) is 13.0 Å². The molecule has 3 amide bonds. The van der Waals surface area contributed by atoms with E-state index in [0.717, 1.165) is 4.90 Å². The predicted molar refractivity (Wildman–Crippen MR) is 84.9 cm³/mol. The fourth-order valence-corrected chi connectivity index (χ4v) is 1.96. The monoisotopic (exact) mass is 337 g/mol. The lowest BCUT2D eigenvalue weighted by Crippen LogP contribution is -2.43. The Labute approximate surface area is 138 Å². The van der Waals surface area contributed by atoms with Gasteiger partial charge in [0.25, 0.3) is 5.91 Å². The van der Waals surface area contributed by atoms with Crippen molar-refractivity contribution in [3.05, 3.63) is 0 Å². The van der Waals surface area contributed by atoms with E-state index in [0.29, 0.717) is 0 Å². The summed E-state index contributed by atoms with van der Waals surface area (Å²) in [6.07, 6.45) is 0. The van der Waals surface area contributed by atoms with Crippen molar-refractivity contribution in [2.24, 2.45) is 0 Å². The molecule has 11 nitrogen and oxygen atoms in total. The number of hydrogen-bond acceptors (Lipinski definition) is 9. The molecular formula is C13H19N7O4. The van der Waals surface area contributed by atoms with Gasteiger partial charge in [0, 0.05) is 28.2 Å². The van der Waals surface area contributed by atoms with Crippen molar-refractivity contribution in [1.29, 1.82) is 0 Å². The van der Waals surface area contributed by atoms with Gasteiger partial charge in [-0.1, -0.05) is 0 Å². The first-order valence-corrected chi connectivity index (χ1v) is 7.17. The lowest BCUT2D eigenvalue weighted by atomic mass is 10.3. The number of esters is 1. The van der Waals surface area contributed by atoms with E-state index in [1.807, 2.05) is 0 Å². The minimum absolute atomic E-state index is 0.0771. The van der Waals surface area contributed by atoms with Gasteiger partial charge in [0.2, 0.25) is 23.9 Å². The van der Waals surface area contributed by atoms with Crippen LogP contribution in [0.1, 0.15) is 6.92 Å². The van der Waals surface area contributed by atoms with Gasteiger partial charge >= 0.3 is 12.0 Å². The van der Waals surface area contributed by atoms with Crippen LogP contribution in [0.4, 0.5) is 22.6 Å². The lowest BCUT2D eigenvalue weighted by Gasteiger charge is -2.21. The molecule has 0 radical (unpaired) electrons.